The molecular formula is C18H23FN2O2. The van der Waals surface area contributed by atoms with E-state index in [4.69, 9.17) is 0 Å². The minimum atomic E-state index is -0.251. The average Bonchev–Trinajstić information content (AvgIpc) is 3.26. The van der Waals surface area contributed by atoms with E-state index in [9.17, 15) is 14.0 Å². The summed E-state index contributed by atoms with van der Waals surface area (Å²) in [5, 5.41) is 5.84. The zero-order valence-electron chi connectivity index (χ0n) is 13.2. The second kappa shape index (κ2) is 7.11. The normalized spacial score (nSPS) is 23.0. The third kappa shape index (κ3) is 4.09. The number of rotatable bonds is 7. The van der Waals surface area contributed by atoms with E-state index in [0.29, 0.717) is 13.1 Å². The summed E-state index contributed by atoms with van der Waals surface area (Å²) in [4.78, 5) is 23.7. The van der Waals surface area contributed by atoms with Crippen LogP contribution in [0.15, 0.2) is 24.3 Å². The number of carbonyl (C=O) groups is 2. The Bertz CT molecular complexity index is 569. The van der Waals surface area contributed by atoms with E-state index in [-0.39, 0.29) is 35.4 Å². The zero-order valence-corrected chi connectivity index (χ0v) is 13.2. The van der Waals surface area contributed by atoms with Crippen molar-refractivity contribution in [3.05, 3.63) is 35.6 Å². The number of nitrogens with one attached hydrogen (secondary N) is 2. The summed E-state index contributed by atoms with van der Waals surface area (Å²) in [7, 11) is 0. The number of amides is 2. The molecule has 2 N–H and O–H groups in total. The second-order valence-corrected chi connectivity index (χ2v) is 6.56. The van der Waals surface area contributed by atoms with E-state index in [1.54, 1.807) is 12.1 Å². The molecule has 2 aliphatic carbocycles. The summed E-state index contributed by atoms with van der Waals surface area (Å²) < 4.78 is 12.9. The van der Waals surface area contributed by atoms with E-state index in [1.165, 1.54) is 12.1 Å². The first-order valence-electron chi connectivity index (χ1n) is 8.46. The number of carbonyl (C=O) groups excluding carboxylic acids is 2. The number of benzene rings is 1. The maximum Gasteiger partial charge on any atom is 0.223 e. The van der Waals surface area contributed by atoms with Gasteiger partial charge in [-0.1, -0.05) is 18.6 Å². The van der Waals surface area contributed by atoms with Crippen molar-refractivity contribution in [3.8, 4) is 0 Å². The van der Waals surface area contributed by atoms with Gasteiger partial charge in [0.05, 0.1) is 0 Å². The Morgan fingerprint density at radius 3 is 2.30 bits per heavy atom. The summed E-state index contributed by atoms with van der Waals surface area (Å²) in [6.07, 6.45) is 4.75. The number of hydrogen-bond acceptors (Lipinski definition) is 2. The summed E-state index contributed by atoms with van der Waals surface area (Å²) in [5.74, 6) is 0.400. The van der Waals surface area contributed by atoms with Crippen molar-refractivity contribution in [1.29, 1.82) is 0 Å². The van der Waals surface area contributed by atoms with Gasteiger partial charge in [-0.25, -0.2) is 4.39 Å². The van der Waals surface area contributed by atoms with Crippen LogP contribution in [0, 0.1) is 17.7 Å². The summed E-state index contributed by atoms with van der Waals surface area (Å²) in [5.41, 5.74) is 1.03. The van der Waals surface area contributed by atoms with Crippen LogP contribution in [0.2, 0.25) is 0 Å². The quantitative estimate of drug-likeness (QED) is 0.758. The molecule has 2 fully saturated rings. The van der Waals surface area contributed by atoms with Gasteiger partial charge in [-0.15, -0.1) is 0 Å². The Labute approximate surface area is 135 Å². The lowest BCUT2D eigenvalue weighted by molar-refractivity contribution is -0.127. The standard InChI is InChI=1S/C18H23FN2O2/c19-14-7-5-12(6-8-14)15-11-16(15)18(23)21-10-2-9-20-17(22)13-3-1-4-13/h5-8,13,15-16H,1-4,9-11H2,(H,20,22)(H,21,23)/t15-,16-/m0/s1. The molecular weight excluding hydrogens is 295 g/mol. The van der Waals surface area contributed by atoms with Gasteiger partial charge in [0.25, 0.3) is 0 Å². The van der Waals surface area contributed by atoms with Crippen molar-refractivity contribution in [1.82, 2.24) is 10.6 Å². The minimum absolute atomic E-state index is 0.00466. The lowest BCUT2D eigenvalue weighted by atomic mass is 9.85. The molecule has 0 heterocycles. The van der Waals surface area contributed by atoms with Crippen LogP contribution in [0.4, 0.5) is 4.39 Å². The maximum absolute atomic E-state index is 12.9. The molecule has 5 heteroatoms. The molecule has 2 amide bonds. The van der Waals surface area contributed by atoms with Gasteiger partial charge in [0.15, 0.2) is 0 Å². The highest BCUT2D eigenvalue weighted by Gasteiger charge is 2.43. The monoisotopic (exact) mass is 318 g/mol. The van der Waals surface area contributed by atoms with Gasteiger partial charge < -0.3 is 10.6 Å². The maximum atomic E-state index is 12.9. The topological polar surface area (TPSA) is 58.2 Å². The van der Waals surface area contributed by atoms with Crippen molar-refractivity contribution < 1.29 is 14.0 Å². The van der Waals surface area contributed by atoms with Crippen molar-refractivity contribution in [2.24, 2.45) is 11.8 Å². The van der Waals surface area contributed by atoms with Crippen molar-refractivity contribution in [2.45, 2.75) is 38.0 Å². The van der Waals surface area contributed by atoms with E-state index in [2.05, 4.69) is 10.6 Å². The molecule has 0 aliphatic heterocycles. The first-order chi connectivity index (χ1) is 11.1. The highest BCUT2D eigenvalue weighted by Crippen LogP contribution is 2.47. The molecule has 2 saturated carbocycles. The highest BCUT2D eigenvalue weighted by atomic mass is 19.1. The second-order valence-electron chi connectivity index (χ2n) is 6.56. The molecule has 0 aromatic heterocycles. The molecule has 4 nitrogen and oxygen atoms in total. The van der Waals surface area contributed by atoms with Crippen LogP contribution in [0.1, 0.15) is 43.6 Å². The molecule has 0 bridgehead atoms. The van der Waals surface area contributed by atoms with Crippen molar-refractivity contribution >= 4 is 11.8 Å². The van der Waals surface area contributed by atoms with Crippen molar-refractivity contribution in [2.75, 3.05) is 13.1 Å². The van der Waals surface area contributed by atoms with Gasteiger partial charge in [0.1, 0.15) is 5.82 Å². The lowest BCUT2D eigenvalue weighted by Gasteiger charge is -2.23. The Kier molecular flexibility index (Phi) is 4.94. The summed E-state index contributed by atoms with van der Waals surface area (Å²) >= 11 is 0. The molecule has 2 atom stereocenters. The lowest BCUT2D eigenvalue weighted by Crippen LogP contribution is -2.36. The van der Waals surface area contributed by atoms with Gasteiger partial charge in [-0.2, -0.15) is 0 Å². The fraction of sp³-hybridized carbons (Fsp3) is 0.556. The molecule has 0 radical (unpaired) electrons. The molecule has 0 unspecified atom stereocenters. The Balaban J connectivity index is 1.30. The Hall–Kier alpha value is -1.91. The SMILES string of the molecule is O=C(NCCCNC(=O)[C@H]1C[C@H]1c1ccc(F)cc1)C1CCC1. The smallest absolute Gasteiger partial charge is 0.223 e. The van der Waals surface area contributed by atoms with Gasteiger partial charge in [-0.3, -0.25) is 9.59 Å². The van der Waals surface area contributed by atoms with Crippen LogP contribution >= 0.6 is 0 Å². The molecule has 0 saturated heterocycles. The minimum Gasteiger partial charge on any atom is -0.356 e. The van der Waals surface area contributed by atoms with Crippen LogP contribution in [0.3, 0.4) is 0 Å². The predicted octanol–water partition coefficient (Wildman–Crippen LogP) is 2.35. The first kappa shape index (κ1) is 16.0. The van der Waals surface area contributed by atoms with E-state index in [0.717, 1.165) is 37.7 Å². The third-order valence-electron chi connectivity index (χ3n) is 4.85. The van der Waals surface area contributed by atoms with E-state index < -0.39 is 0 Å². The Morgan fingerprint density at radius 2 is 1.70 bits per heavy atom. The third-order valence-corrected chi connectivity index (χ3v) is 4.85. The van der Waals surface area contributed by atoms with Gasteiger partial charge in [0.2, 0.25) is 11.8 Å². The molecule has 0 spiro atoms. The van der Waals surface area contributed by atoms with Crippen LogP contribution in [0.5, 0.6) is 0 Å². The zero-order chi connectivity index (χ0) is 16.2. The first-order valence-corrected chi connectivity index (χ1v) is 8.46. The van der Waals surface area contributed by atoms with Crippen LogP contribution < -0.4 is 10.6 Å². The number of halogens is 1. The molecule has 23 heavy (non-hydrogen) atoms. The molecule has 1 aromatic carbocycles. The van der Waals surface area contributed by atoms with Crippen LogP contribution in [0.25, 0.3) is 0 Å². The van der Waals surface area contributed by atoms with E-state index in [1.807, 2.05) is 0 Å². The molecule has 1 aromatic rings. The Morgan fingerprint density at radius 1 is 1.04 bits per heavy atom. The van der Waals surface area contributed by atoms with Gasteiger partial charge in [-0.05, 0) is 49.3 Å². The van der Waals surface area contributed by atoms with Crippen LogP contribution in [-0.4, -0.2) is 24.9 Å². The largest absolute Gasteiger partial charge is 0.356 e. The summed E-state index contributed by atoms with van der Waals surface area (Å²) in [6, 6.07) is 6.38. The van der Waals surface area contributed by atoms with Crippen LogP contribution in [-0.2, 0) is 9.59 Å². The van der Waals surface area contributed by atoms with Gasteiger partial charge in [0, 0.05) is 24.9 Å². The summed E-state index contributed by atoms with van der Waals surface area (Å²) in [6.45, 7) is 1.19. The van der Waals surface area contributed by atoms with Gasteiger partial charge >= 0.3 is 0 Å². The molecule has 124 valence electrons. The highest BCUT2D eigenvalue weighted by molar-refractivity contribution is 5.83. The molecule has 2 aliphatic rings. The molecule has 3 rings (SSSR count). The predicted molar refractivity (Wildman–Crippen MR) is 85.2 cm³/mol. The van der Waals surface area contributed by atoms with Crippen molar-refractivity contribution in [3.63, 3.8) is 0 Å². The average molecular weight is 318 g/mol. The fourth-order valence-corrected chi connectivity index (χ4v) is 3.02. The fourth-order valence-electron chi connectivity index (χ4n) is 3.02. The van der Waals surface area contributed by atoms with E-state index >= 15 is 0 Å². The number of hydrogen-bond donors (Lipinski definition) is 2.